The van der Waals surface area contributed by atoms with E-state index in [0.717, 1.165) is 0 Å². The number of thiocarbonyl (C=S) groups is 1. The first-order valence-corrected chi connectivity index (χ1v) is 9.65. The van der Waals surface area contributed by atoms with Crippen molar-refractivity contribution in [3.8, 4) is 17.2 Å². The second-order valence-electron chi connectivity index (χ2n) is 5.51. The lowest BCUT2D eigenvalue weighted by molar-refractivity contribution is 0.0934. The number of halogens is 1. The molecule has 10 heteroatoms. The van der Waals surface area contributed by atoms with Crippen molar-refractivity contribution in [2.24, 2.45) is 0 Å². The molecule has 0 aliphatic carbocycles. The van der Waals surface area contributed by atoms with Crippen molar-refractivity contribution in [3.05, 3.63) is 52.0 Å². The molecule has 8 nitrogen and oxygen atoms in total. The van der Waals surface area contributed by atoms with E-state index in [2.05, 4.69) is 32.1 Å². The molecule has 0 bridgehead atoms. The molecule has 0 radical (unpaired) electrons. The second kappa shape index (κ2) is 10.6. The standard InChI is InChI=1S/C19H20BrN3O5S/c1-4-28-14-7-5-11(9-13(14)20)17(24)21-19(29)23-22-18(25)12-6-8-15(26-2)16(10-12)27-3/h5-10H,4H2,1-3H3,(H,22,25)(H2,21,23,24,29). The molecule has 0 spiro atoms. The molecule has 0 saturated heterocycles. The first kappa shape index (κ1) is 22.4. The molecule has 154 valence electrons. The highest BCUT2D eigenvalue weighted by molar-refractivity contribution is 9.10. The van der Waals surface area contributed by atoms with Crippen LogP contribution in [-0.2, 0) is 0 Å². The number of carbonyl (C=O) groups is 2. The molecule has 2 rings (SSSR count). The average Bonchev–Trinajstić information content (AvgIpc) is 2.72. The van der Waals surface area contributed by atoms with Gasteiger partial charge >= 0.3 is 0 Å². The van der Waals surface area contributed by atoms with E-state index in [9.17, 15) is 9.59 Å². The lowest BCUT2D eigenvalue weighted by Gasteiger charge is -2.13. The summed E-state index contributed by atoms with van der Waals surface area (Å²) >= 11 is 8.40. The number of amides is 2. The number of hydrazine groups is 1. The maximum atomic E-state index is 12.3. The Morgan fingerprint density at radius 1 is 0.931 bits per heavy atom. The van der Waals surface area contributed by atoms with Gasteiger partial charge in [-0.1, -0.05) is 0 Å². The van der Waals surface area contributed by atoms with Crippen LogP contribution >= 0.6 is 28.1 Å². The minimum absolute atomic E-state index is 0.0613. The van der Waals surface area contributed by atoms with Crippen molar-refractivity contribution in [2.45, 2.75) is 6.92 Å². The van der Waals surface area contributed by atoms with Crippen LogP contribution in [0.2, 0.25) is 0 Å². The molecular formula is C19H20BrN3O5S. The van der Waals surface area contributed by atoms with Crippen LogP contribution in [0.3, 0.4) is 0 Å². The van der Waals surface area contributed by atoms with Gasteiger partial charge in [0.15, 0.2) is 16.6 Å². The Morgan fingerprint density at radius 3 is 2.14 bits per heavy atom. The van der Waals surface area contributed by atoms with Crippen molar-refractivity contribution in [2.75, 3.05) is 20.8 Å². The van der Waals surface area contributed by atoms with E-state index < -0.39 is 11.8 Å². The first-order valence-electron chi connectivity index (χ1n) is 8.45. The fraction of sp³-hybridized carbons (Fsp3) is 0.211. The smallest absolute Gasteiger partial charge is 0.269 e. The Labute approximate surface area is 182 Å². The molecule has 2 aromatic rings. The highest BCUT2D eigenvalue weighted by atomic mass is 79.9. The van der Waals surface area contributed by atoms with Crippen LogP contribution in [0.15, 0.2) is 40.9 Å². The number of rotatable bonds is 6. The molecule has 2 aromatic carbocycles. The predicted octanol–water partition coefficient (Wildman–Crippen LogP) is 2.81. The third kappa shape index (κ3) is 6.06. The van der Waals surface area contributed by atoms with Crippen LogP contribution in [0, 0.1) is 0 Å². The zero-order valence-electron chi connectivity index (χ0n) is 16.0. The summed E-state index contributed by atoms with van der Waals surface area (Å²) in [7, 11) is 2.98. The molecule has 0 aliphatic heterocycles. The van der Waals surface area contributed by atoms with Crippen LogP contribution < -0.4 is 30.4 Å². The maximum Gasteiger partial charge on any atom is 0.269 e. The lowest BCUT2D eigenvalue weighted by atomic mass is 10.2. The van der Waals surface area contributed by atoms with Gasteiger partial charge < -0.3 is 14.2 Å². The summed E-state index contributed by atoms with van der Waals surface area (Å²) in [4.78, 5) is 24.6. The Hall–Kier alpha value is -2.85. The second-order valence-corrected chi connectivity index (χ2v) is 6.77. The van der Waals surface area contributed by atoms with Crippen molar-refractivity contribution in [3.63, 3.8) is 0 Å². The summed E-state index contributed by atoms with van der Waals surface area (Å²) in [5.41, 5.74) is 5.59. The molecule has 0 heterocycles. The van der Waals surface area contributed by atoms with Gasteiger partial charge in [-0.3, -0.25) is 25.8 Å². The summed E-state index contributed by atoms with van der Waals surface area (Å²) < 4.78 is 16.4. The normalized spacial score (nSPS) is 9.93. The Morgan fingerprint density at radius 2 is 1.55 bits per heavy atom. The largest absolute Gasteiger partial charge is 0.493 e. The van der Waals surface area contributed by atoms with Gasteiger partial charge in [-0.25, -0.2) is 0 Å². The van der Waals surface area contributed by atoms with E-state index in [1.165, 1.54) is 20.3 Å². The SMILES string of the molecule is CCOc1ccc(C(=O)NC(=S)NNC(=O)c2ccc(OC)c(OC)c2)cc1Br. The summed E-state index contributed by atoms with van der Waals surface area (Å²) in [6.45, 7) is 2.38. The van der Waals surface area contributed by atoms with Crippen LogP contribution in [0.25, 0.3) is 0 Å². The zero-order valence-corrected chi connectivity index (χ0v) is 18.4. The fourth-order valence-electron chi connectivity index (χ4n) is 2.28. The van der Waals surface area contributed by atoms with E-state index in [4.69, 9.17) is 26.4 Å². The molecule has 0 fully saturated rings. The van der Waals surface area contributed by atoms with Gasteiger partial charge in [0.05, 0.1) is 25.3 Å². The Kier molecular flexibility index (Phi) is 8.22. The monoisotopic (exact) mass is 481 g/mol. The van der Waals surface area contributed by atoms with E-state index in [-0.39, 0.29) is 5.11 Å². The van der Waals surface area contributed by atoms with E-state index in [1.807, 2.05) is 6.92 Å². The maximum absolute atomic E-state index is 12.3. The molecule has 29 heavy (non-hydrogen) atoms. The summed E-state index contributed by atoms with van der Waals surface area (Å²) in [5.74, 6) is 0.642. The van der Waals surface area contributed by atoms with Gasteiger partial charge in [0.25, 0.3) is 11.8 Å². The quantitative estimate of drug-likeness (QED) is 0.430. The van der Waals surface area contributed by atoms with Crippen molar-refractivity contribution in [1.29, 1.82) is 0 Å². The number of hydrogen-bond donors (Lipinski definition) is 3. The van der Waals surface area contributed by atoms with Crippen molar-refractivity contribution < 1.29 is 23.8 Å². The number of carbonyl (C=O) groups excluding carboxylic acids is 2. The van der Waals surface area contributed by atoms with E-state index in [1.54, 1.807) is 30.3 Å². The van der Waals surface area contributed by atoms with Gasteiger partial charge in [-0.05, 0) is 71.5 Å². The van der Waals surface area contributed by atoms with Gasteiger partial charge in [0.1, 0.15) is 5.75 Å². The molecule has 2 amide bonds. The summed E-state index contributed by atoms with van der Waals surface area (Å²) in [5, 5.41) is 2.42. The molecular weight excluding hydrogens is 462 g/mol. The molecule has 0 saturated carbocycles. The van der Waals surface area contributed by atoms with Crippen LogP contribution in [0.4, 0.5) is 0 Å². The third-order valence-electron chi connectivity index (χ3n) is 3.66. The topological polar surface area (TPSA) is 97.9 Å². The molecule has 0 aromatic heterocycles. The fourth-order valence-corrected chi connectivity index (χ4v) is 2.92. The highest BCUT2D eigenvalue weighted by Gasteiger charge is 2.13. The number of ether oxygens (including phenoxy) is 3. The number of nitrogens with one attached hydrogen (secondary N) is 3. The average molecular weight is 482 g/mol. The van der Waals surface area contributed by atoms with E-state index in [0.29, 0.717) is 39.5 Å². The molecule has 0 atom stereocenters. The summed E-state index contributed by atoms with van der Waals surface area (Å²) in [6.07, 6.45) is 0. The minimum Gasteiger partial charge on any atom is -0.493 e. The predicted molar refractivity (Wildman–Crippen MR) is 116 cm³/mol. The third-order valence-corrected chi connectivity index (χ3v) is 4.48. The highest BCUT2D eigenvalue weighted by Crippen LogP contribution is 2.27. The van der Waals surface area contributed by atoms with Crippen molar-refractivity contribution >= 4 is 45.1 Å². The Balaban J connectivity index is 1.93. The summed E-state index contributed by atoms with van der Waals surface area (Å²) in [6, 6.07) is 9.60. The molecule has 0 aliphatic rings. The van der Waals surface area contributed by atoms with Gasteiger partial charge in [0, 0.05) is 11.1 Å². The lowest BCUT2D eigenvalue weighted by Crippen LogP contribution is -2.48. The van der Waals surface area contributed by atoms with Crippen molar-refractivity contribution in [1.82, 2.24) is 16.2 Å². The van der Waals surface area contributed by atoms with Crippen LogP contribution in [-0.4, -0.2) is 37.8 Å². The van der Waals surface area contributed by atoms with Crippen LogP contribution in [0.1, 0.15) is 27.6 Å². The van der Waals surface area contributed by atoms with E-state index >= 15 is 0 Å². The van der Waals surface area contributed by atoms with Gasteiger partial charge in [-0.2, -0.15) is 0 Å². The number of benzene rings is 2. The Bertz CT molecular complexity index is 923. The number of hydrogen-bond acceptors (Lipinski definition) is 6. The first-order chi connectivity index (χ1) is 13.9. The number of methoxy groups -OCH3 is 2. The van der Waals surface area contributed by atoms with Crippen LogP contribution in [0.5, 0.6) is 17.2 Å². The molecule has 3 N–H and O–H groups in total. The van der Waals surface area contributed by atoms with Gasteiger partial charge in [-0.15, -0.1) is 0 Å². The zero-order chi connectivity index (χ0) is 21.4. The molecule has 0 unspecified atom stereocenters. The minimum atomic E-state index is -0.466. The van der Waals surface area contributed by atoms with Gasteiger partial charge in [0.2, 0.25) is 0 Å².